The van der Waals surface area contributed by atoms with Gasteiger partial charge in [0.25, 0.3) is 0 Å². The first-order chi connectivity index (χ1) is 8.67. The van der Waals surface area contributed by atoms with Crippen LogP contribution in [0.2, 0.25) is 0 Å². The number of hydrogen-bond acceptors (Lipinski definition) is 5. The third-order valence-corrected chi connectivity index (χ3v) is 3.80. The summed E-state index contributed by atoms with van der Waals surface area (Å²) in [5.74, 6) is 1.34. The Morgan fingerprint density at radius 1 is 1.33 bits per heavy atom. The Balaban J connectivity index is 2.25. The molecule has 0 unspecified atom stereocenters. The maximum atomic E-state index is 9.29. The summed E-state index contributed by atoms with van der Waals surface area (Å²) < 4.78 is 0. The van der Waals surface area contributed by atoms with Crippen molar-refractivity contribution >= 4 is 5.82 Å². The van der Waals surface area contributed by atoms with Gasteiger partial charge in [-0.15, -0.1) is 5.10 Å². The first kappa shape index (κ1) is 12.8. The Labute approximate surface area is 108 Å². The Kier molecular flexibility index (Phi) is 3.78. The number of piperidine rings is 1. The van der Waals surface area contributed by atoms with Gasteiger partial charge in [-0.25, -0.2) is 0 Å². The molecule has 18 heavy (non-hydrogen) atoms. The number of nitriles is 1. The standard InChI is InChI=1S/C13H19N5/c1-9-10(2)16-17-13(12(9)8-15)18-5-3-11(7-14)4-6-18/h11H,3-7,14H2,1-2H3. The molecule has 0 radical (unpaired) electrons. The van der Waals surface area contributed by atoms with E-state index in [0.29, 0.717) is 11.5 Å². The van der Waals surface area contributed by atoms with E-state index in [2.05, 4.69) is 21.2 Å². The van der Waals surface area contributed by atoms with Crippen molar-refractivity contribution in [3.05, 3.63) is 16.8 Å². The number of aromatic nitrogens is 2. The number of rotatable bonds is 2. The molecule has 1 aliphatic heterocycles. The third kappa shape index (κ3) is 2.29. The van der Waals surface area contributed by atoms with Crippen LogP contribution in [-0.4, -0.2) is 29.8 Å². The Morgan fingerprint density at radius 2 is 2.00 bits per heavy atom. The minimum absolute atomic E-state index is 0.603. The highest BCUT2D eigenvalue weighted by molar-refractivity contribution is 5.57. The number of nitrogens with two attached hydrogens (primary N) is 1. The first-order valence-corrected chi connectivity index (χ1v) is 6.36. The molecule has 2 N–H and O–H groups in total. The number of anilines is 1. The molecule has 0 saturated carbocycles. The zero-order valence-electron chi connectivity index (χ0n) is 11.0. The van der Waals surface area contributed by atoms with Gasteiger partial charge >= 0.3 is 0 Å². The van der Waals surface area contributed by atoms with Crippen LogP contribution in [0.4, 0.5) is 5.82 Å². The molecule has 5 nitrogen and oxygen atoms in total. The van der Waals surface area contributed by atoms with Crippen molar-refractivity contribution in [1.82, 2.24) is 10.2 Å². The Bertz CT molecular complexity index is 469. The average molecular weight is 245 g/mol. The van der Waals surface area contributed by atoms with Gasteiger partial charge in [-0.1, -0.05) is 0 Å². The highest BCUT2D eigenvalue weighted by Gasteiger charge is 2.22. The van der Waals surface area contributed by atoms with E-state index >= 15 is 0 Å². The van der Waals surface area contributed by atoms with Crippen molar-refractivity contribution in [3.8, 4) is 6.07 Å². The van der Waals surface area contributed by atoms with Gasteiger partial charge < -0.3 is 10.6 Å². The molecule has 96 valence electrons. The van der Waals surface area contributed by atoms with Crippen LogP contribution in [0.15, 0.2) is 0 Å². The lowest BCUT2D eigenvalue weighted by molar-refractivity contribution is 0.412. The van der Waals surface area contributed by atoms with Gasteiger partial charge in [-0.05, 0) is 44.7 Å². The minimum Gasteiger partial charge on any atom is -0.354 e. The molecule has 0 aromatic carbocycles. The summed E-state index contributed by atoms with van der Waals surface area (Å²) in [5, 5.41) is 17.6. The highest BCUT2D eigenvalue weighted by Crippen LogP contribution is 2.25. The summed E-state index contributed by atoms with van der Waals surface area (Å²) in [7, 11) is 0. The smallest absolute Gasteiger partial charge is 0.169 e. The third-order valence-electron chi connectivity index (χ3n) is 3.80. The normalized spacial score (nSPS) is 16.7. The van der Waals surface area contributed by atoms with Gasteiger partial charge in [-0.2, -0.15) is 10.4 Å². The van der Waals surface area contributed by atoms with Crippen LogP contribution >= 0.6 is 0 Å². The minimum atomic E-state index is 0.603. The zero-order chi connectivity index (χ0) is 13.1. The summed E-state index contributed by atoms with van der Waals surface area (Å²) >= 11 is 0. The Hall–Kier alpha value is -1.67. The number of aryl methyl sites for hydroxylation is 1. The molecule has 0 spiro atoms. The molecule has 0 bridgehead atoms. The second-order valence-electron chi connectivity index (χ2n) is 4.89. The molecule has 0 amide bonds. The fourth-order valence-corrected chi connectivity index (χ4v) is 2.33. The molecule has 2 rings (SSSR count). The topological polar surface area (TPSA) is 78.8 Å². The molecule has 0 aliphatic carbocycles. The van der Waals surface area contributed by atoms with E-state index in [-0.39, 0.29) is 0 Å². The van der Waals surface area contributed by atoms with E-state index in [1.54, 1.807) is 0 Å². The molecule has 5 heteroatoms. The molecular weight excluding hydrogens is 226 g/mol. The summed E-state index contributed by atoms with van der Waals surface area (Å²) in [6.07, 6.45) is 2.13. The Morgan fingerprint density at radius 3 is 2.56 bits per heavy atom. The largest absolute Gasteiger partial charge is 0.354 e. The maximum absolute atomic E-state index is 9.29. The van der Waals surface area contributed by atoms with E-state index in [1.807, 2.05) is 13.8 Å². The van der Waals surface area contributed by atoms with Gasteiger partial charge in [0.1, 0.15) is 11.6 Å². The summed E-state index contributed by atoms with van der Waals surface area (Å²) in [6, 6.07) is 2.26. The molecule has 2 heterocycles. The van der Waals surface area contributed by atoms with Crippen LogP contribution in [0.3, 0.4) is 0 Å². The zero-order valence-corrected chi connectivity index (χ0v) is 11.0. The van der Waals surface area contributed by atoms with Crippen LogP contribution in [0, 0.1) is 31.1 Å². The van der Waals surface area contributed by atoms with Gasteiger partial charge in [0.15, 0.2) is 5.82 Å². The highest BCUT2D eigenvalue weighted by atomic mass is 15.3. The number of hydrogen-bond donors (Lipinski definition) is 1. The second-order valence-corrected chi connectivity index (χ2v) is 4.89. The van der Waals surface area contributed by atoms with Gasteiger partial charge in [0.2, 0.25) is 0 Å². The summed E-state index contributed by atoms with van der Waals surface area (Å²) in [6.45, 7) is 6.38. The van der Waals surface area contributed by atoms with Crippen molar-refractivity contribution in [2.45, 2.75) is 26.7 Å². The first-order valence-electron chi connectivity index (χ1n) is 6.36. The molecule has 1 aromatic heterocycles. The van der Waals surface area contributed by atoms with Gasteiger partial charge in [0.05, 0.1) is 5.69 Å². The molecule has 1 saturated heterocycles. The summed E-state index contributed by atoms with van der Waals surface area (Å²) in [5.41, 5.74) is 8.11. The SMILES string of the molecule is Cc1nnc(N2CCC(CN)CC2)c(C#N)c1C. The van der Waals surface area contributed by atoms with Crippen LogP contribution < -0.4 is 10.6 Å². The fraction of sp³-hybridized carbons (Fsp3) is 0.615. The predicted octanol–water partition coefficient (Wildman–Crippen LogP) is 1.14. The van der Waals surface area contributed by atoms with E-state index in [9.17, 15) is 5.26 Å². The number of nitrogens with zero attached hydrogens (tertiary/aromatic N) is 4. The predicted molar refractivity (Wildman–Crippen MR) is 70.2 cm³/mol. The van der Waals surface area contributed by atoms with Crippen molar-refractivity contribution < 1.29 is 0 Å². The van der Waals surface area contributed by atoms with Crippen molar-refractivity contribution in [3.63, 3.8) is 0 Å². The quantitative estimate of drug-likeness (QED) is 0.845. The van der Waals surface area contributed by atoms with Crippen molar-refractivity contribution in [2.75, 3.05) is 24.5 Å². The monoisotopic (exact) mass is 245 g/mol. The van der Waals surface area contributed by atoms with E-state index in [0.717, 1.165) is 49.6 Å². The van der Waals surface area contributed by atoms with Gasteiger partial charge in [0, 0.05) is 13.1 Å². The van der Waals surface area contributed by atoms with Crippen molar-refractivity contribution in [2.24, 2.45) is 11.7 Å². The summed E-state index contributed by atoms with van der Waals surface area (Å²) in [4.78, 5) is 2.16. The van der Waals surface area contributed by atoms with E-state index in [4.69, 9.17) is 5.73 Å². The maximum Gasteiger partial charge on any atom is 0.169 e. The molecule has 0 atom stereocenters. The van der Waals surface area contributed by atoms with Crippen LogP contribution in [0.25, 0.3) is 0 Å². The van der Waals surface area contributed by atoms with Crippen molar-refractivity contribution in [1.29, 1.82) is 5.26 Å². The molecular formula is C13H19N5. The lowest BCUT2D eigenvalue weighted by atomic mass is 9.96. The van der Waals surface area contributed by atoms with Crippen LogP contribution in [0.1, 0.15) is 29.7 Å². The van der Waals surface area contributed by atoms with E-state index < -0.39 is 0 Å². The second kappa shape index (κ2) is 5.32. The van der Waals surface area contributed by atoms with Gasteiger partial charge in [-0.3, -0.25) is 0 Å². The van der Waals surface area contributed by atoms with E-state index in [1.165, 1.54) is 0 Å². The molecule has 1 aromatic rings. The van der Waals surface area contributed by atoms with Crippen LogP contribution in [0.5, 0.6) is 0 Å². The van der Waals surface area contributed by atoms with Crippen LogP contribution in [-0.2, 0) is 0 Å². The lowest BCUT2D eigenvalue weighted by Crippen LogP contribution is -2.37. The lowest BCUT2D eigenvalue weighted by Gasteiger charge is -2.32. The average Bonchev–Trinajstić information content (AvgIpc) is 2.42. The molecule has 1 aliphatic rings. The molecule has 1 fully saturated rings. The fourth-order valence-electron chi connectivity index (χ4n) is 2.33.